The monoisotopic (exact) mass is 353 g/mol. The van der Waals surface area contributed by atoms with Gasteiger partial charge in [-0.3, -0.25) is 4.99 Å². The standard InChI is InChI=1S/C23H19N3O/c1-27-22-14-12-18(13-15-22)23-19(16-24-20-8-4-2-5-9-20)17-26(25-23)21-10-6-3-7-11-21/h2-17H,1H3. The van der Waals surface area contributed by atoms with Gasteiger partial charge in [-0.25, -0.2) is 4.68 Å². The molecule has 0 N–H and O–H groups in total. The van der Waals surface area contributed by atoms with Gasteiger partial charge in [0, 0.05) is 23.5 Å². The average molecular weight is 353 g/mol. The fraction of sp³-hybridized carbons (Fsp3) is 0.0435. The molecule has 0 unspecified atom stereocenters. The Bertz CT molecular complexity index is 1040. The van der Waals surface area contributed by atoms with Crippen LogP contribution in [0.3, 0.4) is 0 Å². The Labute approximate surface area is 158 Å². The van der Waals surface area contributed by atoms with Crippen LogP contribution in [0.15, 0.2) is 96.1 Å². The lowest BCUT2D eigenvalue weighted by molar-refractivity contribution is 0.415. The lowest BCUT2D eigenvalue weighted by atomic mass is 10.1. The van der Waals surface area contributed by atoms with Crippen LogP contribution < -0.4 is 4.74 Å². The molecule has 0 saturated heterocycles. The van der Waals surface area contributed by atoms with Gasteiger partial charge in [0.25, 0.3) is 0 Å². The van der Waals surface area contributed by atoms with E-state index in [9.17, 15) is 0 Å². The lowest BCUT2D eigenvalue weighted by Gasteiger charge is -2.02. The maximum Gasteiger partial charge on any atom is 0.118 e. The van der Waals surface area contributed by atoms with Gasteiger partial charge in [0.2, 0.25) is 0 Å². The topological polar surface area (TPSA) is 39.4 Å². The molecule has 4 nitrogen and oxygen atoms in total. The van der Waals surface area contributed by atoms with Crippen LogP contribution in [0.1, 0.15) is 5.56 Å². The number of aliphatic imine (C=N–C) groups is 1. The highest BCUT2D eigenvalue weighted by atomic mass is 16.5. The normalized spacial score (nSPS) is 11.0. The van der Waals surface area contributed by atoms with Gasteiger partial charge < -0.3 is 4.74 Å². The number of aromatic nitrogens is 2. The van der Waals surface area contributed by atoms with Crippen molar-refractivity contribution in [1.29, 1.82) is 0 Å². The van der Waals surface area contributed by atoms with E-state index in [1.54, 1.807) is 7.11 Å². The summed E-state index contributed by atoms with van der Waals surface area (Å²) >= 11 is 0. The minimum atomic E-state index is 0.820. The number of hydrogen-bond donors (Lipinski definition) is 0. The maximum atomic E-state index is 5.26. The molecular weight excluding hydrogens is 334 g/mol. The summed E-state index contributed by atoms with van der Waals surface area (Å²) in [5.41, 5.74) is 4.76. The summed E-state index contributed by atoms with van der Waals surface area (Å²) in [7, 11) is 1.66. The van der Waals surface area contributed by atoms with Crippen molar-refractivity contribution in [1.82, 2.24) is 9.78 Å². The Morgan fingerprint density at radius 3 is 2.19 bits per heavy atom. The van der Waals surface area contributed by atoms with Crippen molar-refractivity contribution in [3.8, 4) is 22.7 Å². The smallest absolute Gasteiger partial charge is 0.118 e. The number of nitrogens with zero attached hydrogens (tertiary/aromatic N) is 3. The van der Waals surface area contributed by atoms with Gasteiger partial charge in [-0.05, 0) is 48.5 Å². The van der Waals surface area contributed by atoms with Crippen molar-refractivity contribution in [2.45, 2.75) is 0 Å². The largest absolute Gasteiger partial charge is 0.497 e. The maximum absolute atomic E-state index is 5.26. The molecule has 4 rings (SSSR count). The molecule has 0 aliphatic heterocycles. The van der Waals surface area contributed by atoms with Crippen molar-refractivity contribution in [2.75, 3.05) is 7.11 Å². The highest BCUT2D eigenvalue weighted by molar-refractivity contribution is 5.90. The number of para-hydroxylation sites is 2. The second-order valence-electron chi connectivity index (χ2n) is 6.04. The van der Waals surface area contributed by atoms with E-state index in [-0.39, 0.29) is 0 Å². The number of benzene rings is 3. The first-order valence-electron chi connectivity index (χ1n) is 8.72. The van der Waals surface area contributed by atoms with Gasteiger partial charge in [0.1, 0.15) is 11.4 Å². The summed E-state index contributed by atoms with van der Waals surface area (Å²) in [5, 5.41) is 4.80. The molecule has 0 aliphatic rings. The van der Waals surface area contributed by atoms with Crippen LogP contribution in [0.4, 0.5) is 5.69 Å². The van der Waals surface area contributed by atoms with E-state index in [1.165, 1.54) is 0 Å². The molecule has 0 saturated carbocycles. The molecule has 0 fully saturated rings. The van der Waals surface area contributed by atoms with Gasteiger partial charge in [0.15, 0.2) is 0 Å². The highest BCUT2D eigenvalue weighted by Crippen LogP contribution is 2.25. The molecule has 4 aromatic rings. The van der Waals surface area contributed by atoms with E-state index in [1.807, 2.05) is 102 Å². The van der Waals surface area contributed by atoms with Gasteiger partial charge in [0.05, 0.1) is 18.5 Å². The molecular formula is C23H19N3O. The Morgan fingerprint density at radius 1 is 0.852 bits per heavy atom. The summed E-state index contributed by atoms with van der Waals surface area (Å²) in [6.07, 6.45) is 3.86. The van der Waals surface area contributed by atoms with Crippen molar-refractivity contribution < 1.29 is 4.74 Å². The highest BCUT2D eigenvalue weighted by Gasteiger charge is 2.11. The molecule has 0 radical (unpaired) electrons. The molecule has 0 atom stereocenters. The first-order valence-corrected chi connectivity index (χ1v) is 8.72. The average Bonchev–Trinajstić information content (AvgIpc) is 3.18. The van der Waals surface area contributed by atoms with Crippen LogP contribution in [0, 0.1) is 0 Å². The number of ether oxygens (including phenoxy) is 1. The molecule has 1 heterocycles. The Balaban J connectivity index is 1.77. The fourth-order valence-electron chi connectivity index (χ4n) is 2.83. The van der Waals surface area contributed by atoms with Gasteiger partial charge >= 0.3 is 0 Å². The van der Waals surface area contributed by atoms with Gasteiger partial charge in [-0.1, -0.05) is 36.4 Å². The molecule has 0 aliphatic carbocycles. The van der Waals surface area contributed by atoms with Crippen LogP contribution in [0.5, 0.6) is 5.75 Å². The second-order valence-corrected chi connectivity index (χ2v) is 6.04. The minimum Gasteiger partial charge on any atom is -0.497 e. The molecule has 3 aromatic carbocycles. The van der Waals surface area contributed by atoms with Crippen molar-refractivity contribution >= 4 is 11.9 Å². The molecule has 1 aromatic heterocycles. The van der Waals surface area contributed by atoms with Gasteiger partial charge in [-0.2, -0.15) is 5.10 Å². The Hall–Kier alpha value is -3.66. The van der Waals surface area contributed by atoms with Crippen LogP contribution >= 0.6 is 0 Å². The van der Waals surface area contributed by atoms with Crippen molar-refractivity contribution in [2.24, 2.45) is 4.99 Å². The van der Waals surface area contributed by atoms with E-state index in [0.29, 0.717) is 0 Å². The predicted molar refractivity (Wildman–Crippen MR) is 109 cm³/mol. The van der Waals surface area contributed by atoms with Crippen LogP contribution in [-0.2, 0) is 0 Å². The van der Waals surface area contributed by atoms with E-state index >= 15 is 0 Å². The van der Waals surface area contributed by atoms with E-state index in [4.69, 9.17) is 9.84 Å². The van der Waals surface area contributed by atoms with E-state index in [0.717, 1.165) is 33.9 Å². The summed E-state index contributed by atoms with van der Waals surface area (Å²) in [5.74, 6) is 0.820. The minimum absolute atomic E-state index is 0.820. The van der Waals surface area contributed by atoms with Crippen molar-refractivity contribution in [3.05, 3.63) is 96.7 Å². The third kappa shape index (κ3) is 3.80. The number of rotatable bonds is 5. The Morgan fingerprint density at radius 2 is 1.52 bits per heavy atom. The third-order valence-electron chi connectivity index (χ3n) is 4.24. The number of hydrogen-bond acceptors (Lipinski definition) is 3. The predicted octanol–water partition coefficient (Wildman–Crippen LogP) is 5.30. The van der Waals surface area contributed by atoms with Crippen molar-refractivity contribution in [3.63, 3.8) is 0 Å². The van der Waals surface area contributed by atoms with Crippen LogP contribution in [-0.4, -0.2) is 23.1 Å². The van der Waals surface area contributed by atoms with Crippen LogP contribution in [0.25, 0.3) is 16.9 Å². The summed E-state index contributed by atoms with van der Waals surface area (Å²) in [6.45, 7) is 0. The summed E-state index contributed by atoms with van der Waals surface area (Å²) in [4.78, 5) is 4.60. The zero-order valence-electron chi connectivity index (χ0n) is 15.0. The molecule has 27 heavy (non-hydrogen) atoms. The molecule has 4 heteroatoms. The summed E-state index contributed by atoms with van der Waals surface area (Å²) < 4.78 is 7.14. The van der Waals surface area contributed by atoms with E-state index in [2.05, 4.69) is 4.99 Å². The third-order valence-corrected chi connectivity index (χ3v) is 4.24. The summed E-state index contributed by atoms with van der Waals surface area (Å²) in [6, 6.07) is 27.8. The SMILES string of the molecule is COc1ccc(-c2nn(-c3ccccc3)cc2C=Nc2ccccc2)cc1. The molecule has 0 amide bonds. The molecule has 0 spiro atoms. The van der Waals surface area contributed by atoms with E-state index < -0.39 is 0 Å². The Kier molecular flexibility index (Phi) is 4.79. The zero-order chi connectivity index (χ0) is 18.5. The quantitative estimate of drug-likeness (QED) is 0.457. The zero-order valence-corrected chi connectivity index (χ0v) is 15.0. The fourth-order valence-corrected chi connectivity index (χ4v) is 2.83. The molecule has 0 bridgehead atoms. The first-order chi connectivity index (χ1) is 13.3. The lowest BCUT2D eigenvalue weighted by Crippen LogP contribution is -1.94. The van der Waals surface area contributed by atoms with Crippen LogP contribution in [0.2, 0.25) is 0 Å². The molecule has 132 valence electrons. The first kappa shape index (κ1) is 16.8. The number of methoxy groups -OCH3 is 1. The second kappa shape index (κ2) is 7.70. The van der Waals surface area contributed by atoms with Gasteiger partial charge in [-0.15, -0.1) is 0 Å².